The van der Waals surface area contributed by atoms with Crippen molar-refractivity contribution in [2.24, 2.45) is 0 Å². The van der Waals surface area contributed by atoms with Crippen molar-refractivity contribution in [2.75, 3.05) is 25.5 Å². The molecule has 0 saturated heterocycles. The van der Waals surface area contributed by atoms with Gasteiger partial charge in [-0.05, 0) is 38.6 Å². The lowest BCUT2D eigenvalue weighted by Gasteiger charge is -2.09. The summed E-state index contributed by atoms with van der Waals surface area (Å²) in [7, 11) is 1.88. The van der Waals surface area contributed by atoms with Crippen molar-refractivity contribution in [1.82, 2.24) is 5.32 Å². The van der Waals surface area contributed by atoms with Gasteiger partial charge in [0.25, 0.3) is 0 Å². The smallest absolute Gasteiger partial charge is 0.224 e. The second-order valence-corrected chi connectivity index (χ2v) is 4.49. The van der Waals surface area contributed by atoms with Crippen LogP contribution in [0.5, 0.6) is 5.75 Å². The zero-order valence-corrected chi connectivity index (χ0v) is 11.9. The van der Waals surface area contributed by atoms with Crippen LogP contribution in [0, 0.1) is 0 Å². The first-order valence-electron chi connectivity index (χ1n) is 6.93. The van der Waals surface area contributed by atoms with E-state index in [9.17, 15) is 4.79 Å². The van der Waals surface area contributed by atoms with E-state index < -0.39 is 0 Å². The highest BCUT2D eigenvalue weighted by atomic mass is 16.5. The Hall–Kier alpha value is -1.55. The van der Waals surface area contributed by atoms with Crippen LogP contribution in [-0.4, -0.2) is 26.1 Å². The summed E-state index contributed by atoms with van der Waals surface area (Å²) in [6.45, 7) is 3.70. The van der Waals surface area contributed by atoms with Gasteiger partial charge in [0.1, 0.15) is 5.75 Å². The summed E-state index contributed by atoms with van der Waals surface area (Å²) in [6.07, 6.45) is 3.53. The second-order valence-electron chi connectivity index (χ2n) is 4.49. The molecule has 4 heteroatoms. The molecule has 19 heavy (non-hydrogen) atoms. The number of nitrogens with one attached hydrogen (secondary N) is 2. The fourth-order valence-corrected chi connectivity index (χ4v) is 1.65. The number of benzene rings is 1. The van der Waals surface area contributed by atoms with Crippen molar-refractivity contribution in [3.63, 3.8) is 0 Å². The molecule has 106 valence electrons. The van der Waals surface area contributed by atoms with Gasteiger partial charge in [-0.1, -0.05) is 19.4 Å². The number of anilines is 1. The summed E-state index contributed by atoms with van der Waals surface area (Å²) in [5.74, 6) is 0.849. The Kier molecular flexibility index (Phi) is 7.66. The third-order valence-corrected chi connectivity index (χ3v) is 2.72. The lowest BCUT2D eigenvalue weighted by molar-refractivity contribution is -0.116. The van der Waals surface area contributed by atoms with Crippen LogP contribution in [0.1, 0.15) is 32.6 Å². The van der Waals surface area contributed by atoms with Crippen molar-refractivity contribution in [3.8, 4) is 5.75 Å². The van der Waals surface area contributed by atoms with E-state index in [4.69, 9.17) is 4.74 Å². The van der Waals surface area contributed by atoms with Crippen molar-refractivity contribution >= 4 is 11.6 Å². The highest BCUT2D eigenvalue weighted by Gasteiger charge is 2.03. The van der Waals surface area contributed by atoms with E-state index in [0.29, 0.717) is 6.42 Å². The quantitative estimate of drug-likeness (QED) is 0.674. The van der Waals surface area contributed by atoms with Crippen LogP contribution >= 0.6 is 0 Å². The maximum atomic E-state index is 11.7. The van der Waals surface area contributed by atoms with Gasteiger partial charge in [0.2, 0.25) is 5.91 Å². The third-order valence-electron chi connectivity index (χ3n) is 2.72. The maximum Gasteiger partial charge on any atom is 0.224 e. The van der Waals surface area contributed by atoms with Crippen LogP contribution in [-0.2, 0) is 4.79 Å². The SMILES string of the molecule is CCCCOc1cccc(NC(=O)CCCNC)c1. The lowest BCUT2D eigenvalue weighted by atomic mass is 10.2. The topological polar surface area (TPSA) is 50.4 Å². The molecule has 0 saturated carbocycles. The van der Waals surface area contributed by atoms with E-state index >= 15 is 0 Å². The number of rotatable bonds is 9. The minimum atomic E-state index is 0.0426. The molecule has 2 N–H and O–H groups in total. The van der Waals surface area contributed by atoms with Crippen molar-refractivity contribution in [3.05, 3.63) is 24.3 Å². The highest BCUT2D eigenvalue weighted by Crippen LogP contribution is 2.17. The van der Waals surface area contributed by atoms with Crippen LogP contribution in [0.15, 0.2) is 24.3 Å². The summed E-state index contributed by atoms with van der Waals surface area (Å²) < 4.78 is 5.61. The van der Waals surface area contributed by atoms with Crippen molar-refractivity contribution < 1.29 is 9.53 Å². The number of unbranched alkanes of at least 4 members (excludes halogenated alkanes) is 1. The van der Waals surface area contributed by atoms with Crippen LogP contribution in [0.2, 0.25) is 0 Å². The molecular weight excluding hydrogens is 240 g/mol. The first kappa shape index (κ1) is 15.5. The third kappa shape index (κ3) is 6.82. The Morgan fingerprint density at radius 2 is 2.16 bits per heavy atom. The average molecular weight is 264 g/mol. The van der Waals surface area contributed by atoms with E-state index in [-0.39, 0.29) is 5.91 Å². The van der Waals surface area contributed by atoms with Gasteiger partial charge in [-0.15, -0.1) is 0 Å². The predicted octanol–water partition coefficient (Wildman–Crippen LogP) is 2.80. The molecule has 1 amide bonds. The summed E-state index contributed by atoms with van der Waals surface area (Å²) in [4.78, 5) is 11.7. The molecule has 0 aromatic heterocycles. The standard InChI is InChI=1S/C15H24N2O2/c1-3-4-11-19-14-8-5-7-13(12-14)17-15(18)9-6-10-16-2/h5,7-8,12,16H,3-4,6,9-11H2,1-2H3,(H,17,18). The zero-order valence-electron chi connectivity index (χ0n) is 11.9. The minimum absolute atomic E-state index is 0.0426. The first-order chi connectivity index (χ1) is 9.26. The average Bonchev–Trinajstić information content (AvgIpc) is 2.40. The molecule has 0 aliphatic heterocycles. The van der Waals surface area contributed by atoms with Crippen LogP contribution in [0.25, 0.3) is 0 Å². The zero-order chi connectivity index (χ0) is 13.9. The van der Waals surface area contributed by atoms with Crippen LogP contribution in [0.3, 0.4) is 0 Å². The number of hydrogen-bond donors (Lipinski definition) is 2. The molecule has 1 rings (SSSR count). The van der Waals surface area contributed by atoms with E-state index in [1.165, 1.54) is 0 Å². The molecule has 1 aromatic rings. The van der Waals surface area contributed by atoms with Gasteiger partial charge in [0.05, 0.1) is 6.61 Å². The van der Waals surface area contributed by atoms with E-state index in [1.54, 1.807) is 0 Å². The number of carbonyl (C=O) groups is 1. The molecule has 0 heterocycles. The van der Waals surface area contributed by atoms with Gasteiger partial charge >= 0.3 is 0 Å². The summed E-state index contributed by atoms with van der Waals surface area (Å²) in [6, 6.07) is 7.55. The molecule has 0 spiro atoms. The Bertz CT molecular complexity index is 380. The molecule has 1 aromatic carbocycles. The molecule has 4 nitrogen and oxygen atoms in total. The van der Waals surface area contributed by atoms with E-state index in [1.807, 2.05) is 31.3 Å². The van der Waals surface area contributed by atoms with Gasteiger partial charge in [-0.2, -0.15) is 0 Å². The van der Waals surface area contributed by atoms with E-state index in [2.05, 4.69) is 17.6 Å². The van der Waals surface area contributed by atoms with Crippen LogP contribution in [0.4, 0.5) is 5.69 Å². The summed E-state index contributed by atoms with van der Waals surface area (Å²) >= 11 is 0. The molecular formula is C15H24N2O2. The van der Waals surface area contributed by atoms with Gasteiger partial charge in [0, 0.05) is 18.2 Å². The molecule has 0 atom stereocenters. The predicted molar refractivity (Wildman–Crippen MR) is 78.6 cm³/mol. The van der Waals surface area contributed by atoms with Gasteiger partial charge in [-0.25, -0.2) is 0 Å². The van der Waals surface area contributed by atoms with Crippen molar-refractivity contribution in [2.45, 2.75) is 32.6 Å². The number of carbonyl (C=O) groups excluding carboxylic acids is 1. The Balaban J connectivity index is 2.40. The molecule has 0 fully saturated rings. The lowest BCUT2D eigenvalue weighted by Crippen LogP contribution is -2.15. The molecule has 0 radical (unpaired) electrons. The number of ether oxygens (including phenoxy) is 1. The molecule has 0 bridgehead atoms. The fraction of sp³-hybridized carbons (Fsp3) is 0.533. The molecule has 0 unspecified atom stereocenters. The van der Waals surface area contributed by atoms with Gasteiger partial charge < -0.3 is 15.4 Å². The fourth-order valence-electron chi connectivity index (χ4n) is 1.65. The second kappa shape index (κ2) is 9.39. The minimum Gasteiger partial charge on any atom is -0.494 e. The highest BCUT2D eigenvalue weighted by molar-refractivity contribution is 5.90. The molecule has 0 aliphatic carbocycles. The first-order valence-corrected chi connectivity index (χ1v) is 6.93. The Morgan fingerprint density at radius 1 is 1.32 bits per heavy atom. The Labute approximate surface area is 115 Å². The maximum absolute atomic E-state index is 11.7. The molecule has 0 aliphatic rings. The van der Waals surface area contributed by atoms with Gasteiger partial charge in [0.15, 0.2) is 0 Å². The summed E-state index contributed by atoms with van der Waals surface area (Å²) in [5.41, 5.74) is 0.795. The Morgan fingerprint density at radius 3 is 2.89 bits per heavy atom. The number of hydrogen-bond acceptors (Lipinski definition) is 3. The largest absolute Gasteiger partial charge is 0.494 e. The number of amides is 1. The van der Waals surface area contributed by atoms with Crippen molar-refractivity contribution in [1.29, 1.82) is 0 Å². The van der Waals surface area contributed by atoms with E-state index in [0.717, 1.165) is 43.9 Å². The summed E-state index contributed by atoms with van der Waals surface area (Å²) in [5, 5.41) is 5.91. The normalized spacial score (nSPS) is 10.2. The monoisotopic (exact) mass is 264 g/mol. The van der Waals surface area contributed by atoms with Crippen LogP contribution < -0.4 is 15.4 Å². The van der Waals surface area contributed by atoms with Gasteiger partial charge in [-0.3, -0.25) is 4.79 Å².